The maximum Gasteiger partial charge on any atom is 0.132 e. The number of aromatic nitrogens is 2. The molecular weight excluding hydrogens is 320 g/mol. The molecule has 2 aromatic rings. The van der Waals surface area contributed by atoms with Gasteiger partial charge in [0.05, 0.1) is 0 Å². The van der Waals surface area contributed by atoms with Gasteiger partial charge in [-0.25, -0.2) is 9.97 Å². The maximum absolute atomic E-state index is 4.82. The Bertz CT molecular complexity index is 709. The van der Waals surface area contributed by atoms with Crippen LogP contribution in [0.4, 0.5) is 5.82 Å². The molecule has 0 amide bonds. The van der Waals surface area contributed by atoms with E-state index in [-0.39, 0.29) is 0 Å². The predicted octanol–water partition coefficient (Wildman–Crippen LogP) is 3.85. The molecule has 26 heavy (non-hydrogen) atoms. The summed E-state index contributed by atoms with van der Waals surface area (Å²) in [7, 11) is 0. The third-order valence-electron chi connectivity index (χ3n) is 5.88. The first-order valence-corrected chi connectivity index (χ1v) is 10.2. The van der Waals surface area contributed by atoms with E-state index in [1.165, 1.54) is 43.4 Å². The number of benzene rings is 1. The normalized spacial score (nSPS) is 21.3. The largest absolute Gasteiger partial charge is 0.354 e. The molecule has 4 nitrogen and oxygen atoms in total. The van der Waals surface area contributed by atoms with Gasteiger partial charge in [-0.2, -0.15) is 0 Å². The van der Waals surface area contributed by atoms with Crippen molar-refractivity contribution in [2.75, 3.05) is 24.5 Å². The van der Waals surface area contributed by atoms with Crippen LogP contribution >= 0.6 is 0 Å². The minimum Gasteiger partial charge on any atom is -0.354 e. The van der Waals surface area contributed by atoms with Crippen molar-refractivity contribution in [3.8, 4) is 0 Å². The number of aryl methyl sites for hydroxylation is 2. The van der Waals surface area contributed by atoms with Gasteiger partial charge in [0.2, 0.25) is 0 Å². The van der Waals surface area contributed by atoms with E-state index in [2.05, 4.69) is 46.6 Å². The minimum absolute atomic E-state index is 0.585. The lowest BCUT2D eigenvalue weighted by Crippen LogP contribution is -2.31. The van der Waals surface area contributed by atoms with Gasteiger partial charge in [-0.3, -0.25) is 0 Å². The van der Waals surface area contributed by atoms with Crippen LogP contribution in [0.1, 0.15) is 55.1 Å². The van der Waals surface area contributed by atoms with Gasteiger partial charge < -0.3 is 10.2 Å². The Morgan fingerprint density at radius 3 is 2.69 bits per heavy atom. The van der Waals surface area contributed by atoms with E-state index < -0.39 is 0 Å². The van der Waals surface area contributed by atoms with E-state index in [4.69, 9.17) is 9.97 Å². The Morgan fingerprint density at radius 2 is 1.88 bits per heavy atom. The molecule has 0 aliphatic carbocycles. The van der Waals surface area contributed by atoms with Crippen molar-refractivity contribution < 1.29 is 0 Å². The summed E-state index contributed by atoms with van der Waals surface area (Å²) in [5.74, 6) is 2.66. The lowest BCUT2D eigenvalue weighted by atomic mass is 9.94. The summed E-state index contributed by atoms with van der Waals surface area (Å²) in [6, 6.07) is 13.7. The second-order valence-electron chi connectivity index (χ2n) is 7.74. The Kier molecular flexibility index (Phi) is 5.49. The van der Waals surface area contributed by atoms with Crippen molar-refractivity contribution in [2.45, 2.75) is 57.4 Å². The summed E-state index contributed by atoms with van der Waals surface area (Å²) in [6.07, 6.45) is 7.27. The SMILES string of the molecule is Cc1nc(C2CCNCC2)cc(N2CCC[C@H]2CCc2ccccc2)n1. The first-order chi connectivity index (χ1) is 12.8. The van der Waals surface area contributed by atoms with Crippen molar-refractivity contribution in [3.05, 3.63) is 53.5 Å². The van der Waals surface area contributed by atoms with Gasteiger partial charge in [0, 0.05) is 30.3 Å². The van der Waals surface area contributed by atoms with Gasteiger partial charge in [0.25, 0.3) is 0 Å². The number of nitrogens with one attached hydrogen (secondary N) is 1. The molecule has 2 fully saturated rings. The molecule has 138 valence electrons. The summed E-state index contributed by atoms with van der Waals surface area (Å²) in [6.45, 7) is 5.38. The summed E-state index contributed by atoms with van der Waals surface area (Å²) in [5.41, 5.74) is 2.69. The monoisotopic (exact) mass is 350 g/mol. The van der Waals surface area contributed by atoms with E-state index in [9.17, 15) is 0 Å². The van der Waals surface area contributed by atoms with Gasteiger partial charge in [-0.1, -0.05) is 30.3 Å². The van der Waals surface area contributed by atoms with Crippen LogP contribution in [-0.4, -0.2) is 35.6 Å². The average Bonchev–Trinajstić information content (AvgIpc) is 3.16. The lowest BCUT2D eigenvalue weighted by molar-refractivity contribution is 0.452. The predicted molar refractivity (Wildman–Crippen MR) is 107 cm³/mol. The van der Waals surface area contributed by atoms with Crippen molar-refractivity contribution in [3.63, 3.8) is 0 Å². The summed E-state index contributed by atoms with van der Waals surface area (Å²) in [5, 5.41) is 3.45. The molecule has 2 aliphatic heterocycles. The number of rotatable bonds is 5. The van der Waals surface area contributed by atoms with Gasteiger partial charge >= 0.3 is 0 Å². The first-order valence-electron chi connectivity index (χ1n) is 10.2. The lowest BCUT2D eigenvalue weighted by Gasteiger charge is -2.28. The Labute approximate surface area is 157 Å². The highest BCUT2D eigenvalue weighted by atomic mass is 15.2. The highest BCUT2D eigenvalue weighted by Gasteiger charge is 2.27. The zero-order chi connectivity index (χ0) is 17.8. The van der Waals surface area contributed by atoms with Gasteiger partial charge in [-0.15, -0.1) is 0 Å². The van der Waals surface area contributed by atoms with Crippen LogP contribution in [0, 0.1) is 6.92 Å². The van der Waals surface area contributed by atoms with Crippen LogP contribution in [0.25, 0.3) is 0 Å². The second-order valence-corrected chi connectivity index (χ2v) is 7.74. The van der Waals surface area contributed by atoms with E-state index in [0.717, 1.165) is 37.7 Å². The molecule has 1 aromatic carbocycles. The van der Waals surface area contributed by atoms with Crippen LogP contribution in [0.3, 0.4) is 0 Å². The zero-order valence-corrected chi connectivity index (χ0v) is 15.8. The van der Waals surface area contributed by atoms with Gasteiger partial charge in [0.15, 0.2) is 0 Å². The van der Waals surface area contributed by atoms with Crippen LogP contribution in [0.15, 0.2) is 36.4 Å². The summed E-state index contributed by atoms with van der Waals surface area (Å²) in [4.78, 5) is 12.1. The van der Waals surface area contributed by atoms with Crippen LogP contribution in [0.2, 0.25) is 0 Å². The van der Waals surface area contributed by atoms with E-state index >= 15 is 0 Å². The molecule has 1 N–H and O–H groups in total. The maximum atomic E-state index is 4.82. The van der Waals surface area contributed by atoms with Crippen molar-refractivity contribution in [1.82, 2.24) is 15.3 Å². The topological polar surface area (TPSA) is 41.1 Å². The number of anilines is 1. The third-order valence-corrected chi connectivity index (χ3v) is 5.88. The molecule has 4 heteroatoms. The fraction of sp³-hybridized carbons (Fsp3) is 0.545. The third kappa shape index (κ3) is 4.07. The molecule has 1 aromatic heterocycles. The smallest absolute Gasteiger partial charge is 0.132 e. The standard InChI is InChI=1S/C22H30N4/c1-17-24-21(19-11-13-23-14-12-19)16-22(25-17)26-15-5-8-20(26)10-9-18-6-3-2-4-7-18/h2-4,6-7,16,19-20,23H,5,8-15H2,1H3/t20-/m0/s1. The van der Waals surface area contributed by atoms with E-state index in [1.807, 2.05) is 6.92 Å². The van der Waals surface area contributed by atoms with Crippen molar-refractivity contribution in [1.29, 1.82) is 0 Å². The summed E-state index contributed by atoms with van der Waals surface area (Å²) < 4.78 is 0. The van der Waals surface area contributed by atoms with E-state index in [0.29, 0.717) is 12.0 Å². The molecule has 0 bridgehead atoms. The molecule has 2 saturated heterocycles. The van der Waals surface area contributed by atoms with Crippen LogP contribution < -0.4 is 10.2 Å². The Hall–Kier alpha value is -1.94. The molecular formula is C22H30N4. The van der Waals surface area contributed by atoms with Crippen molar-refractivity contribution in [2.24, 2.45) is 0 Å². The van der Waals surface area contributed by atoms with Crippen LogP contribution in [-0.2, 0) is 6.42 Å². The van der Waals surface area contributed by atoms with Crippen LogP contribution in [0.5, 0.6) is 0 Å². The number of hydrogen-bond acceptors (Lipinski definition) is 4. The Morgan fingerprint density at radius 1 is 1.08 bits per heavy atom. The quantitative estimate of drug-likeness (QED) is 0.889. The van der Waals surface area contributed by atoms with Gasteiger partial charge in [0.1, 0.15) is 11.6 Å². The molecule has 1 atom stereocenters. The molecule has 0 unspecified atom stereocenters. The highest BCUT2D eigenvalue weighted by Crippen LogP contribution is 2.30. The summed E-state index contributed by atoms with van der Waals surface area (Å²) >= 11 is 0. The Balaban J connectivity index is 1.49. The number of nitrogens with zero attached hydrogens (tertiary/aromatic N) is 3. The molecule has 2 aliphatic rings. The molecule has 0 spiro atoms. The number of piperidine rings is 1. The van der Waals surface area contributed by atoms with Gasteiger partial charge in [-0.05, 0) is 64.1 Å². The van der Waals surface area contributed by atoms with E-state index in [1.54, 1.807) is 0 Å². The second kappa shape index (κ2) is 8.17. The fourth-order valence-corrected chi connectivity index (χ4v) is 4.46. The van der Waals surface area contributed by atoms with Crippen molar-refractivity contribution >= 4 is 5.82 Å². The average molecular weight is 351 g/mol. The highest BCUT2D eigenvalue weighted by molar-refractivity contribution is 5.43. The molecule has 0 radical (unpaired) electrons. The zero-order valence-electron chi connectivity index (χ0n) is 15.8. The molecule has 3 heterocycles. The molecule has 0 saturated carbocycles. The fourth-order valence-electron chi connectivity index (χ4n) is 4.46. The number of hydrogen-bond donors (Lipinski definition) is 1. The molecule has 4 rings (SSSR count). The first kappa shape index (κ1) is 17.5. The minimum atomic E-state index is 0.585.